The molecule has 0 radical (unpaired) electrons. The lowest BCUT2D eigenvalue weighted by Gasteiger charge is -2.13. The van der Waals surface area contributed by atoms with E-state index in [4.69, 9.17) is 4.74 Å². The average molecular weight is 403 g/mol. The molecule has 1 amide bonds. The van der Waals surface area contributed by atoms with Gasteiger partial charge in [-0.05, 0) is 38.0 Å². The van der Waals surface area contributed by atoms with Crippen molar-refractivity contribution in [2.75, 3.05) is 20.3 Å². The molecule has 0 aliphatic heterocycles. The molecule has 0 spiro atoms. The Morgan fingerprint density at radius 1 is 1.41 bits per heavy atom. The van der Waals surface area contributed by atoms with Gasteiger partial charge in [0, 0.05) is 26.8 Å². The van der Waals surface area contributed by atoms with E-state index in [1.807, 2.05) is 6.92 Å². The van der Waals surface area contributed by atoms with E-state index < -0.39 is 17.0 Å². The SMILES string of the molecule is CCCn1c(SC(C)C(=O)NCCCOC)nc2ccc(C(F)(F)F)cc21. The van der Waals surface area contributed by atoms with Gasteiger partial charge in [-0.3, -0.25) is 4.79 Å². The van der Waals surface area contributed by atoms with Crippen LogP contribution in [0.4, 0.5) is 13.2 Å². The van der Waals surface area contributed by atoms with Crippen molar-refractivity contribution in [1.82, 2.24) is 14.9 Å². The molecule has 150 valence electrons. The lowest BCUT2D eigenvalue weighted by molar-refractivity contribution is -0.137. The first kappa shape index (κ1) is 21.6. The zero-order valence-electron chi connectivity index (χ0n) is 15.6. The third-order valence-electron chi connectivity index (χ3n) is 3.96. The van der Waals surface area contributed by atoms with Crippen molar-refractivity contribution in [2.24, 2.45) is 0 Å². The van der Waals surface area contributed by atoms with Crippen LogP contribution in [0.2, 0.25) is 0 Å². The minimum Gasteiger partial charge on any atom is -0.385 e. The maximum absolute atomic E-state index is 13.0. The van der Waals surface area contributed by atoms with Crippen LogP contribution in [-0.2, 0) is 22.3 Å². The van der Waals surface area contributed by atoms with Gasteiger partial charge in [-0.15, -0.1) is 0 Å². The summed E-state index contributed by atoms with van der Waals surface area (Å²) in [6.07, 6.45) is -2.95. The van der Waals surface area contributed by atoms with Crippen LogP contribution in [-0.4, -0.2) is 41.0 Å². The van der Waals surface area contributed by atoms with Gasteiger partial charge in [-0.1, -0.05) is 18.7 Å². The number of ether oxygens (including phenoxy) is 1. The van der Waals surface area contributed by atoms with Gasteiger partial charge >= 0.3 is 6.18 Å². The van der Waals surface area contributed by atoms with Crippen molar-refractivity contribution < 1.29 is 22.7 Å². The fourth-order valence-corrected chi connectivity index (χ4v) is 3.56. The number of nitrogens with one attached hydrogen (secondary N) is 1. The first-order valence-electron chi connectivity index (χ1n) is 8.78. The molecule has 1 aromatic carbocycles. The third-order valence-corrected chi connectivity index (χ3v) is 5.05. The van der Waals surface area contributed by atoms with E-state index in [2.05, 4.69) is 10.3 Å². The summed E-state index contributed by atoms with van der Waals surface area (Å²) in [4.78, 5) is 16.7. The minimum absolute atomic E-state index is 0.137. The van der Waals surface area contributed by atoms with E-state index in [-0.39, 0.29) is 5.91 Å². The molecule has 1 atom stereocenters. The molecule has 0 saturated carbocycles. The fourth-order valence-electron chi connectivity index (χ4n) is 2.59. The highest BCUT2D eigenvalue weighted by Crippen LogP contribution is 2.33. The molecule has 0 bridgehead atoms. The van der Waals surface area contributed by atoms with Crippen molar-refractivity contribution in [2.45, 2.75) is 49.8 Å². The number of imidazole rings is 1. The lowest BCUT2D eigenvalue weighted by atomic mass is 10.2. The molecule has 27 heavy (non-hydrogen) atoms. The van der Waals surface area contributed by atoms with Crippen LogP contribution in [0.1, 0.15) is 32.3 Å². The zero-order chi connectivity index (χ0) is 20.0. The minimum atomic E-state index is -4.40. The third kappa shape index (κ3) is 5.62. The van der Waals surface area contributed by atoms with Crippen LogP contribution in [0.15, 0.2) is 23.4 Å². The van der Waals surface area contributed by atoms with Gasteiger partial charge in [0.2, 0.25) is 5.91 Å². The number of hydrogen-bond donors (Lipinski definition) is 1. The van der Waals surface area contributed by atoms with Gasteiger partial charge in [0.05, 0.1) is 21.8 Å². The summed E-state index contributed by atoms with van der Waals surface area (Å²) in [5.74, 6) is -0.137. The standard InChI is InChI=1S/C18H24F3N3O2S/c1-4-9-24-15-11-13(18(19,20)21)6-7-14(15)23-17(24)27-12(2)16(25)22-8-5-10-26-3/h6-7,11-12H,4-5,8-10H2,1-3H3,(H,22,25). The number of rotatable bonds is 9. The molecule has 0 saturated heterocycles. The maximum Gasteiger partial charge on any atom is 0.416 e. The molecule has 9 heteroatoms. The predicted molar refractivity (Wildman–Crippen MR) is 99.8 cm³/mol. The average Bonchev–Trinajstić information content (AvgIpc) is 2.94. The van der Waals surface area contributed by atoms with Crippen molar-refractivity contribution in [3.8, 4) is 0 Å². The molecule has 2 rings (SSSR count). The van der Waals surface area contributed by atoms with E-state index in [0.29, 0.717) is 42.3 Å². The van der Waals surface area contributed by atoms with Gasteiger partial charge in [0.15, 0.2) is 5.16 Å². The highest BCUT2D eigenvalue weighted by atomic mass is 32.2. The Morgan fingerprint density at radius 2 is 2.15 bits per heavy atom. The predicted octanol–water partition coefficient (Wildman–Crippen LogP) is 4.10. The molecule has 1 heterocycles. The van der Waals surface area contributed by atoms with Gasteiger partial charge in [0.25, 0.3) is 0 Å². The normalized spacial score (nSPS) is 13.1. The summed E-state index contributed by atoms with van der Waals surface area (Å²) in [7, 11) is 1.60. The van der Waals surface area contributed by atoms with E-state index in [0.717, 1.165) is 18.6 Å². The molecule has 0 fully saturated rings. The second-order valence-corrected chi connectivity index (χ2v) is 7.45. The van der Waals surface area contributed by atoms with Gasteiger partial charge in [-0.25, -0.2) is 4.98 Å². The number of fused-ring (bicyclic) bond motifs is 1. The Kier molecular flexibility index (Phi) is 7.55. The molecule has 1 unspecified atom stereocenters. The van der Waals surface area contributed by atoms with Crippen LogP contribution < -0.4 is 5.32 Å². The summed E-state index contributed by atoms with van der Waals surface area (Å²) < 4.78 is 45.8. The highest BCUT2D eigenvalue weighted by Gasteiger charge is 2.31. The number of methoxy groups -OCH3 is 1. The van der Waals surface area contributed by atoms with Crippen molar-refractivity contribution in [3.63, 3.8) is 0 Å². The number of thioether (sulfide) groups is 1. The number of alkyl halides is 3. The van der Waals surface area contributed by atoms with Crippen LogP contribution in [0.5, 0.6) is 0 Å². The van der Waals surface area contributed by atoms with E-state index in [1.54, 1.807) is 18.6 Å². The monoisotopic (exact) mass is 403 g/mol. The second kappa shape index (κ2) is 9.45. The molecule has 5 nitrogen and oxygen atoms in total. The highest BCUT2D eigenvalue weighted by molar-refractivity contribution is 8.00. The molecular formula is C18H24F3N3O2S. The number of benzene rings is 1. The Hall–Kier alpha value is -1.74. The number of aryl methyl sites for hydroxylation is 1. The molecule has 1 aromatic heterocycles. The van der Waals surface area contributed by atoms with E-state index in [1.165, 1.54) is 17.8 Å². The number of halogens is 3. The summed E-state index contributed by atoms with van der Waals surface area (Å²) in [6.45, 7) is 5.31. The Balaban J connectivity index is 2.21. The topological polar surface area (TPSA) is 56.2 Å². The number of nitrogens with zero attached hydrogens (tertiary/aromatic N) is 2. The number of hydrogen-bond acceptors (Lipinski definition) is 4. The van der Waals surface area contributed by atoms with Gasteiger partial charge < -0.3 is 14.6 Å². The summed E-state index contributed by atoms with van der Waals surface area (Å²) in [5.41, 5.74) is 0.223. The van der Waals surface area contributed by atoms with Crippen molar-refractivity contribution >= 4 is 28.7 Å². The quantitative estimate of drug-likeness (QED) is 0.506. The lowest BCUT2D eigenvalue weighted by Crippen LogP contribution is -2.32. The second-order valence-electron chi connectivity index (χ2n) is 6.14. The molecule has 0 aliphatic rings. The number of carbonyl (C=O) groups excluding carboxylic acids is 1. The summed E-state index contributed by atoms with van der Waals surface area (Å²) in [6, 6.07) is 3.54. The van der Waals surface area contributed by atoms with Crippen LogP contribution in [0.3, 0.4) is 0 Å². The van der Waals surface area contributed by atoms with Gasteiger partial charge in [0.1, 0.15) is 0 Å². The number of carbonyl (C=O) groups is 1. The Bertz CT molecular complexity index is 777. The number of aromatic nitrogens is 2. The molecule has 1 N–H and O–H groups in total. The maximum atomic E-state index is 13.0. The fraction of sp³-hybridized carbons (Fsp3) is 0.556. The summed E-state index contributed by atoms with van der Waals surface area (Å²) >= 11 is 1.25. The van der Waals surface area contributed by atoms with Crippen molar-refractivity contribution in [1.29, 1.82) is 0 Å². The van der Waals surface area contributed by atoms with Crippen LogP contribution >= 0.6 is 11.8 Å². The van der Waals surface area contributed by atoms with E-state index in [9.17, 15) is 18.0 Å². The first-order valence-corrected chi connectivity index (χ1v) is 9.66. The largest absolute Gasteiger partial charge is 0.416 e. The summed E-state index contributed by atoms with van der Waals surface area (Å²) in [5, 5.41) is 2.96. The zero-order valence-corrected chi connectivity index (χ0v) is 16.4. The smallest absolute Gasteiger partial charge is 0.385 e. The molecule has 2 aromatic rings. The Morgan fingerprint density at radius 3 is 2.78 bits per heavy atom. The van der Waals surface area contributed by atoms with Gasteiger partial charge in [-0.2, -0.15) is 13.2 Å². The van der Waals surface area contributed by atoms with E-state index >= 15 is 0 Å². The molecule has 0 aliphatic carbocycles. The van der Waals surface area contributed by atoms with Crippen LogP contribution in [0.25, 0.3) is 11.0 Å². The van der Waals surface area contributed by atoms with Crippen LogP contribution in [0, 0.1) is 0 Å². The number of amides is 1. The van der Waals surface area contributed by atoms with Crippen molar-refractivity contribution in [3.05, 3.63) is 23.8 Å². The molecular weight excluding hydrogens is 379 g/mol. The Labute approximate surface area is 160 Å². The first-order chi connectivity index (χ1) is 12.8.